The van der Waals surface area contributed by atoms with E-state index in [1.807, 2.05) is 0 Å². The third-order valence-corrected chi connectivity index (χ3v) is 4.83. The van der Waals surface area contributed by atoms with E-state index in [1.54, 1.807) is 6.92 Å². The summed E-state index contributed by atoms with van der Waals surface area (Å²) in [5, 5.41) is 0. The first kappa shape index (κ1) is 11.9. The second-order valence-corrected chi connectivity index (χ2v) is 6.54. The zero-order chi connectivity index (χ0) is 12.9. The molecule has 4 bridgehead atoms. The number of hydrogen-bond acceptors (Lipinski definition) is 3. The molecule has 0 aliphatic heterocycles. The summed E-state index contributed by atoms with van der Waals surface area (Å²) in [4.78, 5) is 23.9. The van der Waals surface area contributed by atoms with Gasteiger partial charge in [0, 0.05) is 17.9 Å². The van der Waals surface area contributed by atoms with Crippen LogP contribution in [-0.4, -0.2) is 17.4 Å². The van der Waals surface area contributed by atoms with Crippen LogP contribution in [0.1, 0.15) is 45.4 Å². The fraction of sp³-hybridized carbons (Fsp3) is 0.733. The number of rotatable bonds is 2. The van der Waals surface area contributed by atoms with E-state index in [9.17, 15) is 9.59 Å². The highest BCUT2D eigenvalue weighted by Gasteiger charge is 2.53. The van der Waals surface area contributed by atoms with Crippen LogP contribution in [0.25, 0.3) is 0 Å². The zero-order valence-corrected chi connectivity index (χ0v) is 10.9. The maximum absolute atomic E-state index is 12.1. The smallest absolute Gasteiger partial charge is 0.333 e. The van der Waals surface area contributed by atoms with Gasteiger partial charge in [-0.1, -0.05) is 6.58 Å². The fourth-order valence-corrected chi connectivity index (χ4v) is 4.32. The fourth-order valence-electron chi connectivity index (χ4n) is 4.32. The van der Waals surface area contributed by atoms with E-state index in [0.717, 1.165) is 32.1 Å². The second kappa shape index (κ2) is 3.94. The Balaban J connectivity index is 1.86. The summed E-state index contributed by atoms with van der Waals surface area (Å²) < 4.78 is 5.75. The molecule has 3 nitrogen and oxygen atoms in total. The largest absolute Gasteiger partial charge is 0.456 e. The third kappa shape index (κ3) is 1.90. The average molecular weight is 248 g/mol. The summed E-state index contributed by atoms with van der Waals surface area (Å²) in [5.41, 5.74) is 0.0920. The van der Waals surface area contributed by atoms with Crippen molar-refractivity contribution in [1.82, 2.24) is 0 Å². The minimum Gasteiger partial charge on any atom is -0.456 e. The summed E-state index contributed by atoms with van der Waals surface area (Å²) in [5.74, 6) is 1.25. The molecule has 0 heterocycles. The molecule has 4 unspecified atom stereocenters. The van der Waals surface area contributed by atoms with E-state index in [0.29, 0.717) is 29.6 Å². The summed E-state index contributed by atoms with van der Waals surface area (Å²) in [6.45, 7) is 5.33. The number of ether oxygens (including phenoxy) is 1. The molecule has 0 radical (unpaired) electrons. The van der Waals surface area contributed by atoms with Gasteiger partial charge in [-0.25, -0.2) is 4.79 Å². The summed E-state index contributed by atoms with van der Waals surface area (Å²) in [6, 6.07) is 0. The van der Waals surface area contributed by atoms with Crippen molar-refractivity contribution in [3.05, 3.63) is 12.2 Å². The van der Waals surface area contributed by atoms with E-state index in [4.69, 9.17) is 4.74 Å². The highest BCUT2D eigenvalue weighted by atomic mass is 16.6. The molecule has 0 N–H and O–H groups in total. The van der Waals surface area contributed by atoms with Crippen LogP contribution in [0.15, 0.2) is 12.2 Å². The maximum Gasteiger partial charge on any atom is 0.333 e. The highest BCUT2D eigenvalue weighted by Crippen LogP contribution is 2.53. The lowest BCUT2D eigenvalue weighted by atomic mass is 9.65. The molecule has 18 heavy (non-hydrogen) atoms. The number of carbonyl (C=O) groups excluding carboxylic acids is 2. The lowest BCUT2D eigenvalue weighted by Crippen LogP contribution is -2.47. The molecule has 4 fully saturated rings. The predicted octanol–water partition coefficient (Wildman–Crippen LogP) is 2.64. The molecule has 98 valence electrons. The van der Waals surface area contributed by atoms with E-state index >= 15 is 0 Å². The highest BCUT2D eigenvalue weighted by molar-refractivity contribution is 5.87. The van der Waals surface area contributed by atoms with Gasteiger partial charge >= 0.3 is 5.97 Å². The van der Waals surface area contributed by atoms with Gasteiger partial charge < -0.3 is 4.74 Å². The van der Waals surface area contributed by atoms with Crippen molar-refractivity contribution in [2.75, 3.05) is 0 Å². The van der Waals surface area contributed by atoms with E-state index < -0.39 is 0 Å². The minimum atomic E-state index is -0.362. The molecule has 0 aromatic heterocycles. The molecule has 3 heteroatoms. The van der Waals surface area contributed by atoms with Crippen molar-refractivity contribution < 1.29 is 14.3 Å². The maximum atomic E-state index is 12.1. The number of ketones is 1. The SMILES string of the molecule is C=C(C)C(=O)OC12CC3CC(=O)C(CC(C3)C1)C2. The molecule has 4 aliphatic rings. The van der Waals surface area contributed by atoms with Gasteiger partial charge in [0.15, 0.2) is 0 Å². The van der Waals surface area contributed by atoms with Crippen LogP contribution >= 0.6 is 0 Å². The van der Waals surface area contributed by atoms with Crippen LogP contribution < -0.4 is 0 Å². The van der Waals surface area contributed by atoms with E-state index in [1.165, 1.54) is 0 Å². The van der Waals surface area contributed by atoms with Gasteiger partial charge in [-0.05, 0) is 50.9 Å². The monoisotopic (exact) mass is 248 g/mol. The van der Waals surface area contributed by atoms with Gasteiger partial charge in [0.2, 0.25) is 0 Å². The van der Waals surface area contributed by atoms with Crippen LogP contribution in [0.4, 0.5) is 0 Å². The quantitative estimate of drug-likeness (QED) is 0.557. The topological polar surface area (TPSA) is 43.4 Å². The van der Waals surface area contributed by atoms with Crippen molar-refractivity contribution in [1.29, 1.82) is 0 Å². The normalized spacial score (nSPS) is 41.6. The lowest BCUT2D eigenvalue weighted by Gasteiger charge is -2.46. The summed E-state index contributed by atoms with van der Waals surface area (Å²) in [6.07, 6.45) is 5.44. The number of fused-ring (bicyclic) bond motifs is 1. The van der Waals surface area contributed by atoms with Crippen molar-refractivity contribution >= 4 is 11.8 Å². The van der Waals surface area contributed by atoms with Crippen LogP contribution in [0.3, 0.4) is 0 Å². The van der Waals surface area contributed by atoms with Gasteiger partial charge in [0.1, 0.15) is 11.4 Å². The molecule has 4 rings (SSSR count). The molecule has 0 saturated heterocycles. The van der Waals surface area contributed by atoms with Crippen molar-refractivity contribution in [3.63, 3.8) is 0 Å². The Hall–Kier alpha value is -1.12. The van der Waals surface area contributed by atoms with Gasteiger partial charge in [-0.15, -0.1) is 0 Å². The Morgan fingerprint density at radius 2 is 2.00 bits per heavy atom. The first-order chi connectivity index (χ1) is 8.47. The van der Waals surface area contributed by atoms with Gasteiger partial charge in [0.25, 0.3) is 0 Å². The molecule has 4 saturated carbocycles. The number of carbonyl (C=O) groups is 2. The molecule has 0 amide bonds. The predicted molar refractivity (Wildman–Crippen MR) is 66.8 cm³/mol. The molecular formula is C15H20O3. The first-order valence-corrected chi connectivity index (χ1v) is 6.89. The van der Waals surface area contributed by atoms with Crippen molar-refractivity contribution in [2.45, 2.75) is 51.0 Å². The third-order valence-electron chi connectivity index (χ3n) is 4.83. The van der Waals surface area contributed by atoms with Crippen LogP contribution in [0.2, 0.25) is 0 Å². The Morgan fingerprint density at radius 1 is 1.28 bits per heavy atom. The number of hydrogen-bond donors (Lipinski definition) is 0. The molecule has 0 aromatic rings. The van der Waals surface area contributed by atoms with Gasteiger partial charge in [-0.2, -0.15) is 0 Å². The summed E-state index contributed by atoms with van der Waals surface area (Å²) >= 11 is 0. The zero-order valence-electron chi connectivity index (χ0n) is 10.9. The molecule has 0 spiro atoms. The Kier molecular flexibility index (Phi) is 2.61. The number of Topliss-reactive ketones (excluding diaryl/α,β-unsaturated/α-hetero) is 1. The molecule has 4 aliphatic carbocycles. The Morgan fingerprint density at radius 3 is 2.72 bits per heavy atom. The first-order valence-electron chi connectivity index (χ1n) is 6.89. The lowest BCUT2D eigenvalue weighted by molar-refractivity contribution is -0.169. The van der Waals surface area contributed by atoms with E-state index in [2.05, 4.69) is 6.58 Å². The molecule has 0 aromatic carbocycles. The van der Waals surface area contributed by atoms with Crippen LogP contribution in [-0.2, 0) is 14.3 Å². The Bertz CT molecular complexity index is 425. The van der Waals surface area contributed by atoms with Crippen molar-refractivity contribution in [3.8, 4) is 0 Å². The van der Waals surface area contributed by atoms with Crippen LogP contribution in [0.5, 0.6) is 0 Å². The standard InChI is InChI=1S/C15H20O3/c1-9(2)14(17)18-15-6-10-3-11(7-15)5-13(16)12(4-10)8-15/h10-12H,1,3-8H2,2H3. The molecule has 4 atom stereocenters. The van der Waals surface area contributed by atoms with E-state index in [-0.39, 0.29) is 17.5 Å². The Labute approximate surface area is 108 Å². The summed E-state index contributed by atoms with van der Waals surface area (Å²) in [7, 11) is 0. The molecular weight excluding hydrogens is 228 g/mol. The second-order valence-electron chi connectivity index (χ2n) is 6.54. The number of esters is 1. The van der Waals surface area contributed by atoms with Crippen molar-refractivity contribution in [2.24, 2.45) is 17.8 Å². The van der Waals surface area contributed by atoms with Gasteiger partial charge in [0.05, 0.1) is 0 Å². The minimum absolute atomic E-state index is 0.133. The van der Waals surface area contributed by atoms with Crippen LogP contribution in [0, 0.1) is 17.8 Å². The van der Waals surface area contributed by atoms with Gasteiger partial charge in [-0.3, -0.25) is 4.79 Å². The average Bonchev–Trinajstić information content (AvgIpc) is 2.41.